The third kappa shape index (κ3) is 4.79. The maximum Gasteiger partial charge on any atom is 0.227 e. The van der Waals surface area contributed by atoms with Gasteiger partial charge < -0.3 is 15.4 Å². The van der Waals surface area contributed by atoms with Gasteiger partial charge in [-0.15, -0.1) is 0 Å². The Bertz CT molecular complexity index is 718. The number of hydrogen-bond donors (Lipinski definition) is 2. The van der Waals surface area contributed by atoms with E-state index in [2.05, 4.69) is 17.6 Å². The predicted octanol–water partition coefficient (Wildman–Crippen LogP) is 3.73. The van der Waals surface area contributed by atoms with Crippen LogP contribution in [0.4, 0.5) is 10.1 Å². The van der Waals surface area contributed by atoms with E-state index in [0.717, 1.165) is 25.1 Å². The van der Waals surface area contributed by atoms with Crippen LogP contribution < -0.4 is 15.4 Å². The molecule has 4 nitrogen and oxygen atoms in total. The molecule has 1 amide bonds. The summed E-state index contributed by atoms with van der Waals surface area (Å²) >= 11 is 0. The largest absolute Gasteiger partial charge is 0.489 e. The lowest BCUT2D eigenvalue weighted by Gasteiger charge is -2.27. The molecule has 0 saturated carbocycles. The first kappa shape index (κ1) is 17.4. The second-order valence-corrected chi connectivity index (χ2v) is 6.47. The van der Waals surface area contributed by atoms with Gasteiger partial charge in [0.2, 0.25) is 5.91 Å². The number of hydrogen-bond acceptors (Lipinski definition) is 3. The number of amides is 1. The first-order chi connectivity index (χ1) is 12.1. The van der Waals surface area contributed by atoms with E-state index in [1.165, 1.54) is 6.07 Å². The van der Waals surface area contributed by atoms with Crippen molar-refractivity contribution in [3.05, 3.63) is 59.9 Å². The van der Waals surface area contributed by atoms with Crippen molar-refractivity contribution < 1.29 is 13.9 Å². The molecule has 0 aliphatic carbocycles. The summed E-state index contributed by atoms with van der Waals surface area (Å²) in [4.78, 5) is 12.3. The van der Waals surface area contributed by atoms with Crippen molar-refractivity contribution in [2.45, 2.75) is 32.4 Å². The van der Waals surface area contributed by atoms with E-state index < -0.39 is 0 Å². The van der Waals surface area contributed by atoms with E-state index in [9.17, 15) is 9.18 Å². The molecule has 1 fully saturated rings. The Morgan fingerprint density at radius 2 is 2.00 bits per heavy atom. The number of carbonyl (C=O) groups excluding carboxylic acids is 1. The van der Waals surface area contributed by atoms with Crippen LogP contribution in [0.15, 0.2) is 48.5 Å². The van der Waals surface area contributed by atoms with Crippen molar-refractivity contribution in [2.75, 3.05) is 11.9 Å². The van der Waals surface area contributed by atoms with Crippen LogP contribution in [-0.4, -0.2) is 18.5 Å². The van der Waals surface area contributed by atoms with Crippen molar-refractivity contribution >= 4 is 11.6 Å². The zero-order valence-electron chi connectivity index (χ0n) is 14.3. The van der Waals surface area contributed by atoms with Gasteiger partial charge in [-0.25, -0.2) is 4.39 Å². The summed E-state index contributed by atoms with van der Waals surface area (Å²) in [6.45, 7) is 3.15. The minimum Gasteiger partial charge on any atom is -0.489 e. The highest BCUT2D eigenvalue weighted by atomic mass is 19.1. The molecule has 5 heteroatoms. The fourth-order valence-electron chi connectivity index (χ4n) is 3.03. The minimum absolute atomic E-state index is 0.0493. The van der Waals surface area contributed by atoms with Crippen molar-refractivity contribution in [1.29, 1.82) is 0 Å². The van der Waals surface area contributed by atoms with Gasteiger partial charge in [0, 0.05) is 23.2 Å². The van der Waals surface area contributed by atoms with Gasteiger partial charge in [-0.1, -0.05) is 18.2 Å². The predicted molar refractivity (Wildman–Crippen MR) is 96.0 cm³/mol. The Labute approximate surface area is 147 Å². The molecule has 1 heterocycles. The monoisotopic (exact) mass is 342 g/mol. The van der Waals surface area contributed by atoms with Crippen LogP contribution in [0, 0.1) is 11.7 Å². The molecule has 0 bridgehead atoms. The van der Waals surface area contributed by atoms with Gasteiger partial charge in [0.15, 0.2) is 0 Å². The van der Waals surface area contributed by atoms with Gasteiger partial charge in [-0.2, -0.15) is 0 Å². The molecule has 0 radical (unpaired) electrons. The molecule has 2 atom stereocenters. The first-order valence-corrected chi connectivity index (χ1v) is 8.62. The number of piperidine rings is 1. The lowest BCUT2D eigenvalue weighted by atomic mass is 9.92. The molecule has 2 aromatic carbocycles. The van der Waals surface area contributed by atoms with Crippen LogP contribution >= 0.6 is 0 Å². The summed E-state index contributed by atoms with van der Waals surface area (Å²) in [6, 6.07) is 14.1. The fourth-order valence-corrected chi connectivity index (χ4v) is 3.03. The lowest BCUT2D eigenvalue weighted by Crippen LogP contribution is -2.40. The molecule has 0 unspecified atom stereocenters. The molecule has 0 aromatic heterocycles. The number of ether oxygens (including phenoxy) is 1. The Hall–Kier alpha value is -2.40. The van der Waals surface area contributed by atoms with Gasteiger partial charge in [0.1, 0.15) is 18.2 Å². The van der Waals surface area contributed by atoms with Crippen LogP contribution in [0.5, 0.6) is 5.75 Å². The van der Waals surface area contributed by atoms with Crippen LogP contribution in [0.2, 0.25) is 0 Å². The standard InChI is InChI=1S/C20H23FN2O2/c1-14-12-15(10-11-22-14)20(24)23-17-6-8-18(9-7-17)25-13-16-4-2-3-5-19(16)21/h2-9,14-15,22H,10-13H2,1H3,(H,23,24)/t14-,15-/m0/s1. The lowest BCUT2D eigenvalue weighted by molar-refractivity contribution is -0.120. The molecular weight excluding hydrogens is 319 g/mol. The molecule has 2 N–H and O–H groups in total. The zero-order chi connectivity index (χ0) is 17.6. The Balaban J connectivity index is 1.53. The van der Waals surface area contributed by atoms with Crippen molar-refractivity contribution in [2.24, 2.45) is 5.92 Å². The van der Waals surface area contributed by atoms with Crippen LogP contribution in [0.1, 0.15) is 25.3 Å². The van der Waals surface area contributed by atoms with Gasteiger partial charge in [-0.3, -0.25) is 4.79 Å². The number of anilines is 1. The highest BCUT2D eigenvalue weighted by molar-refractivity contribution is 5.92. The van der Waals surface area contributed by atoms with Crippen molar-refractivity contribution in [1.82, 2.24) is 5.32 Å². The zero-order valence-corrected chi connectivity index (χ0v) is 14.3. The van der Waals surface area contributed by atoms with E-state index in [0.29, 0.717) is 17.4 Å². The second-order valence-electron chi connectivity index (χ2n) is 6.47. The summed E-state index contributed by atoms with van der Waals surface area (Å²) in [5.74, 6) is 0.473. The average molecular weight is 342 g/mol. The third-order valence-corrected chi connectivity index (χ3v) is 4.47. The number of rotatable bonds is 5. The quantitative estimate of drug-likeness (QED) is 0.870. The maximum atomic E-state index is 13.6. The summed E-state index contributed by atoms with van der Waals surface area (Å²) in [5.41, 5.74) is 1.26. The molecule has 1 aliphatic heterocycles. The smallest absolute Gasteiger partial charge is 0.227 e. The molecule has 132 valence electrons. The third-order valence-electron chi connectivity index (χ3n) is 4.47. The first-order valence-electron chi connectivity index (χ1n) is 8.62. The van der Waals surface area contributed by atoms with Crippen LogP contribution in [0.3, 0.4) is 0 Å². The Kier molecular flexibility index (Phi) is 5.66. The molecule has 0 spiro atoms. The Morgan fingerprint density at radius 1 is 1.24 bits per heavy atom. The van der Waals surface area contributed by atoms with Crippen molar-refractivity contribution in [3.8, 4) is 5.75 Å². The number of halogens is 1. The second kappa shape index (κ2) is 8.12. The summed E-state index contributed by atoms with van der Waals surface area (Å²) in [7, 11) is 0. The highest BCUT2D eigenvalue weighted by Crippen LogP contribution is 2.21. The molecule has 1 saturated heterocycles. The van der Waals surface area contributed by atoms with Crippen molar-refractivity contribution in [3.63, 3.8) is 0 Å². The molecule has 25 heavy (non-hydrogen) atoms. The van der Waals surface area contributed by atoms with Gasteiger partial charge in [0.25, 0.3) is 0 Å². The van der Waals surface area contributed by atoms with E-state index in [-0.39, 0.29) is 24.2 Å². The topological polar surface area (TPSA) is 50.4 Å². The van der Waals surface area contributed by atoms with Crippen LogP contribution in [-0.2, 0) is 11.4 Å². The normalized spacial score (nSPS) is 20.1. The summed E-state index contributed by atoms with van der Waals surface area (Å²) in [5, 5.41) is 6.31. The summed E-state index contributed by atoms with van der Waals surface area (Å²) in [6.07, 6.45) is 1.72. The molecule has 3 rings (SSSR count). The molecule has 1 aliphatic rings. The molecule has 2 aromatic rings. The van der Waals surface area contributed by atoms with E-state index >= 15 is 0 Å². The van der Waals surface area contributed by atoms with Gasteiger partial charge >= 0.3 is 0 Å². The van der Waals surface area contributed by atoms with E-state index in [1.807, 2.05) is 0 Å². The van der Waals surface area contributed by atoms with E-state index in [4.69, 9.17) is 4.74 Å². The minimum atomic E-state index is -0.275. The number of carbonyl (C=O) groups is 1. The SMILES string of the molecule is C[C@H]1C[C@@H](C(=O)Nc2ccc(OCc3ccccc3F)cc2)CCN1. The highest BCUT2D eigenvalue weighted by Gasteiger charge is 2.24. The average Bonchev–Trinajstić information content (AvgIpc) is 2.62. The van der Waals surface area contributed by atoms with Crippen LogP contribution in [0.25, 0.3) is 0 Å². The number of nitrogens with one attached hydrogen (secondary N) is 2. The van der Waals surface area contributed by atoms with Gasteiger partial charge in [-0.05, 0) is 56.6 Å². The fraction of sp³-hybridized carbons (Fsp3) is 0.350. The molecular formula is C20H23FN2O2. The maximum absolute atomic E-state index is 13.6. The van der Waals surface area contributed by atoms with E-state index in [1.54, 1.807) is 42.5 Å². The summed E-state index contributed by atoms with van der Waals surface area (Å²) < 4.78 is 19.2. The van der Waals surface area contributed by atoms with Gasteiger partial charge in [0.05, 0.1) is 0 Å². The number of benzene rings is 2. The Morgan fingerprint density at radius 3 is 2.72 bits per heavy atom.